The van der Waals surface area contributed by atoms with E-state index in [4.69, 9.17) is 4.74 Å². The van der Waals surface area contributed by atoms with Crippen molar-refractivity contribution < 1.29 is 9.13 Å². The Morgan fingerprint density at radius 2 is 2.05 bits per heavy atom. The van der Waals surface area contributed by atoms with Crippen LogP contribution >= 0.6 is 15.9 Å². The van der Waals surface area contributed by atoms with Crippen molar-refractivity contribution in [1.82, 2.24) is 0 Å². The van der Waals surface area contributed by atoms with Crippen molar-refractivity contribution in [2.75, 3.05) is 0 Å². The first-order valence-corrected chi connectivity index (χ1v) is 7.99. The molecular formula is C18H13BrFNO. The van der Waals surface area contributed by atoms with E-state index in [9.17, 15) is 9.65 Å². The van der Waals surface area contributed by atoms with Crippen molar-refractivity contribution in [3.05, 3.63) is 63.4 Å². The van der Waals surface area contributed by atoms with Crippen LogP contribution in [0.2, 0.25) is 0 Å². The fourth-order valence-electron chi connectivity index (χ4n) is 3.94. The molecule has 0 aromatic heterocycles. The largest absolute Gasteiger partial charge is 0.488 e. The van der Waals surface area contributed by atoms with Crippen LogP contribution in [0.1, 0.15) is 23.6 Å². The van der Waals surface area contributed by atoms with E-state index in [1.165, 1.54) is 12.1 Å². The van der Waals surface area contributed by atoms with Gasteiger partial charge in [-0.25, -0.2) is 4.39 Å². The molecule has 2 unspecified atom stereocenters. The van der Waals surface area contributed by atoms with Gasteiger partial charge in [-0.3, -0.25) is 0 Å². The Labute approximate surface area is 136 Å². The third-order valence-corrected chi connectivity index (χ3v) is 5.52. The molecule has 0 bridgehead atoms. The maximum atomic E-state index is 13.6. The summed E-state index contributed by atoms with van der Waals surface area (Å²) in [5.41, 5.74) is 2.72. The lowest BCUT2D eigenvalue weighted by Crippen LogP contribution is -2.14. The van der Waals surface area contributed by atoms with Gasteiger partial charge in [0.15, 0.2) is 0 Å². The summed E-state index contributed by atoms with van der Waals surface area (Å²) in [6.45, 7) is 2.47. The van der Waals surface area contributed by atoms with Crippen LogP contribution in [0.5, 0.6) is 5.75 Å². The Hall–Kier alpha value is -1.86. The number of nitrogens with zero attached hydrogens (tertiary/aromatic N) is 1. The van der Waals surface area contributed by atoms with E-state index < -0.39 is 0 Å². The second kappa shape index (κ2) is 4.57. The molecule has 4 rings (SSSR count). The minimum absolute atomic E-state index is 0.113. The van der Waals surface area contributed by atoms with Gasteiger partial charge in [-0.05, 0) is 35.2 Å². The van der Waals surface area contributed by atoms with Crippen molar-refractivity contribution >= 4 is 15.9 Å². The van der Waals surface area contributed by atoms with Crippen molar-refractivity contribution in [3.63, 3.8) is 0 Å². The van der Waals surface area contributed by atoms with E-state index in [0.717, 1.165) is 21.2 Å². The van der Waals surface area contributed by atoms with Crippen LogP contribution in [0.4, 0.5) is 4.39 Å². The summed E-state index contributed by atoms with van der Waals surface area (Å²) >= 11 is 3.49. The number of benzene rings is 2. The highest BCUT2D eigenvalue weighted by Gasteiger charge is 2.66. The van der Waals surface area contributed by atoms with Crippen molar-refractivity contribution in [2.45, 2.75) is 18.9 Å². The topological polar surface area (TPSA) is 33.0 Å². The van der Waals surface area contributed by atoms with Gasteiger partial charge in [0, 0.05) is 21.5 Å². The Bertz CT molecular complexity index is 773. The summed E-state index contributed by atoms with van der Waals surface area (Å²) in [4.78, 5) is 0. The molecule has 4 heteroatoms. The maximum absolute atomic E-state index is 13.6. The van der Waals surface area contributed by atoms with Gasteiger partial charge in [-0.2, -0.15) is 5.26 Å². The average Bonchev–Trinajstić information content (AvgIpc) is 3.13. The van der Waals surface area contributed by atoms with Gasteiger partial charge < -0.3 is 4.74 Å². The van der Waals surface area contributed by atoms with E-state index in [0.29, 0.717) is 12.4 Å². The number of fused-ring (bicyclic) bond motifs is 4. The molecule has 22 heavy (non-hydrogen) atoms. The summed E-state index contributed by atoms with van der Waals surface area (Å²) < 4.78 is 20.4. The second-order valence-electron chi connectivity index (χ2n) is 6.00. The summed E-state index contributed by atoms with van der Waals surface area (Å²) in [5, 5.41) is 9.57. The molecule has 2 aliphatic rings. The second-order valence-corrected chi connectivity index (χ2v) is 6.91. The minimum atomic E-state index is -0.385. The maximum Gasteiger partial charge on any atom is 0.126 e. The third kappa shape index (κ3) is 1.63. The lowest BCUT2D eigenvalue weighted by molar-refractivity contribution is 0.305. The highest BCUT2D eigenvalue weighted by molar-refractivity contribution is 9.10. The molecule has 1 spiro atoms. The fourth-order valence-corrected chi connectivity index (χ4v) is 4.35. The molecule has 1 aliphatic carbocycles. The zero-order chi connectivity index (χ0) is 15.5. The van der Waals surface area contributed by atoms with Crippen LogP contribution in [0.25, 0.3) is 0 Å². The lowest BCUT2D eigenvalue weighted by Gasteiger charge is -2.19. The average molecular weight is 358 g/mol. The molecule has 0 N–H and O–H groups in total. The smallest absolute Gasteiger partial charge is 0.126 e. The van der Waals surface area contributed by atoms with Crippen molar-refractivity contribution in [3.8, 4) is 11.8 Å². The number of nitriles is 1. The SMILES string of the molecule is CC1C(C#N)[C@@]12c1ccc(Br)cc1COc1cc(F)ccc12. The van der Waals surface area contributed by atoms with Crippen LogP contribution in [0.3, 0.4) is 0 Å². The molecule has 1 saturated carbocycles. The minimum Gasteiger partial charge on any atom is -0.488 e. The molecular weight excluding hydrogens is 345 g/mol. The third-order valence-electron chi connectivity index (χ3n) is 5.02. The van der Waals surface area contributed by atoms with Gasteiger partial charge in [0.05, 0.1) is 12.0 Å². The number of ether oxygens (including phenoxy) is 1. The molecule has 2 nitrogen and oxygen atoms in total. The van der Waals surface area contributed by atoms with Gasteiger partial charge >= 0.3 is 0 Å². The normalized spacial score (nSPS) is 28.1. The van der Waals surface area contributed by atoms with Crippen LogP contribution in [0.15, 0.2) is 40.9 Å². The predicted octanol–water partition coefficient (Wildman–Crippen LogP) is 4.56. The summed E-state index contributed by atoms with van der Waals surface area (Å²) in [6.07, 6.45) is 0. The Kier molecular flexibility index (Phi) is 2.86. The molecule has 1 aliphatic heterocycles. The number of hydrogen-bond acceptors (Lipinski definition) is 2. The first-order valence-electron chi connectivity index (χ1n) is 7.20. The molecule has 0 saturated heterocycles. The fraction of sp³-hybridized carbons (Fsp3) is 0.278. The zero-order valence-corrected chi connectivity index (χ0v) is 13.5. The van der Waals surface area contributed by atoms with E-state index >= 15 is 0 Å². The molecule has 2 aromatic carbocycles. The molecule has 0 radical (unpaired) electrons. The zero-order valence-electron chi connectivity index (χ0n) is 11.9. The van der Waals surface area contributed by atoms with Crippen molar-refractivity contribution in [1.29, 1.82) is 5.26 Å². The number of halogens is 2. The molecule has 1 fully saturated rings. The van der Waals surface area contributed by atoms with Crippen LogP contribution in [0, 0.1) is 29.0 Å². The Balaban J connectivity index is 2.03. The number of rotatable bonds is 0. The van der Waals surface area contributed by atoms with Crippen molar-refractivity contribution in [2.24, 2.45) is 11.8 Å². The Morgan fingerprint density at radius 3 is 2.77 bits per heavy atom. The van der Waals surface area contributed by atoms with Crippen LogP contribution in [-0.4, -0.2) is 0 Å². The van der Waals surface area contributed by atoms with E-state index in [1.807, 2.05) is 12.1 Å². The lowest BCUT2D eigenvalue weighted by atomic mass is 9.82. The molecule has 1 heterocycles. The van der Waals surface area contributed by atoms with Crippen LogP contribution in [-0.2, 0) is 12.0 Å². The monoisotopic (exact) mass is 357 g/mol. The highest BCUT2D eigenvalue weighted by atomic mass is 79.9. The van der Waals surface area contributed by atoms with Crippen LogP contribution < -0.4 is 4.74 Å². The molecule has 2 aromatic rings. The van der Waals surface area contributed by atoms with E-state index in [-0.39, 0.29) is 23.1 Å². The van der Waals surface area contributed by atoms with Gasteiger partial charge in [-0.15, -0.1) is 0 Å². The quantitative estimate of drug-likeness (QED) is 0.692. The van der Waals surface area contributed by atoms with Gasteiger partial charge in [0.25, 0.3) is 0 Å². The van der Waals surface area contributed by atoms with Gasteiger partial charge in [-0.1, -0.05) is 35.0 Å². The van der Waals surface area contributed by atoms with Gasteiger partial charge in [0.1, 0.15) is 18.2 Å². The first-order chi connectivity index (χ1) is 10.6. The molecule has 0 amide bonds. The first kappa shape index (κ1) is 13.8. The van der Waals surface area contributed by atoms with Gasteiger partial charge in [0.2, 0.25) is 0 Å². The van der Waals surface area contributed by atoms with E-state index in [2.05, 4.69) is 35.0 Å². The summed E-state index contributed by atoms with van der Waals surface area (Å²) in [6, 6.07) is 13.2. The summed E-state index contributed by atoms with van der Waals surface area (Å²) in [5.74, 6) is 0.307. The van der Waals surface area contributed by atoms with E-state index in [1.54, 1.807) is 6.07 Å². The Morgan fingerprint density at radius 1 is 1.27 bits per heavy atom. The molecule has 110 valence electrons. The highest BCUT2D eigenvalue weighted by Crippen LogP contribution is 2.66. The standard InChI is InChI=1S/C18H13BrFNO/c1-10-16(8-21)18(10)14-4-2-12(19)6-11(14)9-22-17-7-13(20)3-5-15(17)18/h2-7,10,16H,9H2,1H3/t10?,16?,18-/m1/s1. The predicted molar refractivity (Wildman–Crippen MR) is 83.9 cm³/mol. The number of hydrogen-bond donors (Lipinski definition) is 0. The molecule has 3 atom stereocenters. The summed E-state index contributed by atoms with van der Waals surface area (Å²) in [7, 11) is 0.